The fourth-order valence-electron chi connectivity index (χ4n) is 4.51. The lowest BCUT2D eigenvalue weighted by Gasteiger charge is -2.26. The minimum Gasteiger partial charge on any atom is -0.481 e. The zero-order chi connectivity index (χ0) is 29.2. The third kappa shape index (κ3) is 8.58. The fourth-order valence-corrected chi connectivity index (χ4v) is 5.02. The first-order valence-electron chi connectivity index (χ1n) is 13.2. The average Bonchev–Trinajstić information content (AvgIpc) is 2.96. The van der Waals surface area contributed by atoms with E-state index in [1.54, 1.807) is 42.5 Å². The largest absolute Gasteiger partial charge is 0.481 e. The van der Waals surface area contributed by atoms with Gasteiger partial charge < -0.3 is 15.3 Å². The third-order valence-electron chi connectivity index (χ3n) is 6.53. The number of carbonyl (C=O) groups excluding carboxylic acids is 1. The molecule has 0 fully saturated rings. The van der Waals surface area contributed by atoms with Crippen molar-refractivity contribution in [2.24, 2.45) is 4.99 Å². The van der Waals surface area contributed by atoms with Crippen LogP contribution in [0.3, 0.4) is 0 Å². The van der Waals surface area contributed by atoms with Crippen LogP contribution < -0.4 is 15.5 Å². The highest BCUT2D eigenvalue weighted by molar-refractivity contribution is 6.35. The molecule has 0 bridgehead atoms. The third-order valence-corrected chi connectivity index (χ3v) is 6.96. The first-order chi connectivity index (χ1) is 19.8. The average molecular weight is 591 g/mol. The Balaban J connectivity index is 1.65. The Kier molecular flexibility index (Phi) is 10.4. The first-order valence-corrected chi connectivity index (χ1v) is 13.9. The van der Waals surface area contributed by atoms with E-state index in [-0.39, 0.29) is 24.8 Å². The molecule has 1 aliphatic rings. The number of nitrogens with one attached hydrogen (secondary N) is 2. The smallest absolute Gasteiger partial charge is 0.305 e. The number of hydrogen-bond donors (Lipinski definition) is 3. The van der Waals surface area contributed by atoms with Crippen molar-refractivity contribution in [3.63, 3.8) is 0 Å². The Bertz CT molecular complexity index is 1480. The van der Waals surface area contributed by atoms with Crippen molar-refractivity contribution >= 4 is 58.0 Å². The Morgan fingerprint density at radius 2 is 1.71 bits per heavy atom. The van der Waals surface area contributed by atoms with E-state index < -0.39 is 5.97 Å². The molecule has 0 saturated heterocycles. The van der Waals surface area contributed by atoms with Gasteiger partial charge in [0, 0.05) is 27.8 Å². The quantitative estimate of drug-likeness (QED) is 0.108. The Morgan fingerprint density at radius 1 is 1.00 bits per heavy atom. The molecule has 10 heteroatoms. The number of nitrogens with zero attached hydrogens (tertiary/aromatic N) is 3. The maximum absolute atomic E-state index is 12.4. The molecule has 0 heterocycles. The van der Waals surface area contributed by atoms with Crippen molar-refractivity contribution in [2.75, 3.05) is 11.4 Å². The lowest BCUT2D eigenvalue weighted by molar-refractivity contribution is -0.136. The summed E-state index contributed by atoms with van der Waals surface area (Å²) in [5.74, 6) is -1.06. The molecule has 0 aliphatic heterocycles. The van der Waals surface area contributed by atoms with Gasteiger partial charge in [0.25, 0.3) is 5.91 Å². The number of benzene rings is 3. The minimum atomic E-state index is -0.979. The molecular formula is C31H29Cl2N5O3. The van der Waals surface area contributed by atoms with Crippen LogP contribution in [0, 0.1) is 11.5 Å². The number of rotatable bonds is 9. The standard InChI is InChI=1S/C31H29Cl2N5O3/c32-25-16-26(33)18-27(17-25)37-31(36-20-34)38(28-12-10-23(11-13-28)22-4-2-1-3-5-22)19-21-6-8-24(9-7-21)30(41)35-15-14-29(39)40/h4,6-13,16-18H,1-3,5,14-15,19H2,(H,35,41)(H,36,37)(H,39,40). The summed E-state index contributed by atoms with van der Waals surface area (Å²) < 4.78 is 0. The van der Waals surface area contributed by atoms with Gasteiger partial charge in [-0.3, -0.25) is 14.9 Å². The number of amides is 1. The van der Waals surface area contributed by atoms with E-state index in [2.05, 4.69) is 33.8 Å². The molecule has 0 saturated carbocycles. The number of nitriles is 1. The van der Waals surface area contributed by atoms with Gasteiger partial charge in [-0.25, -0.2) is 4.99 Å². The van der Waals surface area contributed by atoms with E-state index in [1.165, 1.54) is 24.0 Å². The number of allylic oxidation sites excluding steroid dienone is 2. The number of aliphatic carboxylic acids is 1. The van der Waals surface area contributed by atoms with Gasteiger partial charge in [-0.15, -0.1) is 0 Å². The van der Waals surface area contributed by atoms with Crippen molar-refractivity contribution in [3.8, 4) is 6.19 Å². The molecule has 4 rings (SSSR count). The maximum atomic E-state index is 12.4. The lowest BCUT2D eigenvalue weighted by Crippen LogP contribution is -2.39. The molecule has 210 valence electrons. The number of halogens is 2. The van der Waals surface area contributed by atoms with Crippen LogP contribution in [-0.2, 0) is 11.3 Å². The Hall–Kier alpha value is -4.32. The molecule has 1 aliphatic carbocycles. The van der Waals surface area contributed by atoms with Crippen LogP contribution in [0.15, 0.2) is 77.8 Å². The fraction of sp³-hybridized carbons (Fsp3) is 0.226. The molecule has 0 radical (unpaired) electrons. The Morgan fingerprint density at radius 3 is 2.32 bits per heavy atom. The summed E-state index contributed by atoms with van der Waals surface area (Å²) >= 11 is 12.4. The monoisotopic (exact) mass is 589 g/mol. The van der Waals surface area contributed by atoms with E-state index in [4.69, 9.17) is 28.3 Å². The van der Waals surface area contributed by atoms with E-state index in [1.807, 2.05) is 23.2 Å². The van der Waals surface area contributed by atoms with Crippen molar-refractivity contribution in [3.05, 3.63) is 99.5 Å². The van der Waals surface area contributed by atoms with Crippen LogP contribution in [-0.4, -0.2) is 29.5 Å². The highest BCUT2D eigenvalue weighted by Crippen LogP contribution is 2.30. The van der Waals surface area contributed by atoms with Crippen LogP contribution in [0.25, 0.3) is 5.57 Å². The van der Waals surface area contributed by atoms with Crippen LogP contribution in [0.5, 0.6) is 0 Å². The molecule has 3 aromatic carbocycles. The van der Waals surface area contributed by atoms with Crippen LogP contribution in [0.2, 0.25) is 10.0 Å². The van der Waals surface area contributed by atoms with E-state index in [9.17, 15) is 14.9 Å². The van der Waals surface area contributed by atoms with Gasteiger partial charge in [-0.2, -0.15) is 5.26 Å². The van der Waals surface area contributed by atoms with Gasteiger partial charge in [0.15, 0.2) is 6.19 Å². The second kappa shape index (κ2) is 14.4. The second-order valence-electron chi connectivity index (χ2n) is 9.50. The van der Waals surface area contributed by atoms with E-state index in [0.717, 1.165) is 24.1 Å². The van der Waals surface area contributed by atoms with Gasteiger partial charge >= 0.3 is 5.97 Å². The minimum absolute atomic E-state index is 0.0454. The first kappa shape index (κ1) is 29.7. The molecule has 3 aromatic rings. The molecule has 8 nitrogen and oxygen atoms in total. The predicted molar refractivity (Wildman–Crippen MR) is 162 cm³/mol. The second-order valence-corrected chi connectivity index (χ2v) is 10.4. The van der Waals surface area contributed by atoms with Crippen LogP contribution >= 0.6 is 23.2 Å². The SMILES string of the molecule is N#CNC(=Nc1cc(Cl)cc(Cl)c1)N(Cc1ccc(C(=O)NCCC(=O)O)cc1)c1ccc(C2=CCCCC2)cc1. The van der Waals surface area contributed by atoms with E-state index in [0.29, 0.717) is 27.8 Å². The normalized spacial score (nSPS) is 13.1. The zero-order valence-electron chi connectivity index (χ0n) is 22.2. The molecular weight excluding hydrogens is 561 g/mol. The van der Waals surface area contributed by atoms with Gasteiger partial charge in [0.2, 0.25) is 5.96 Å². The zero-order valence-corrected chi connectivity index (χ0v) is 23.8. The van der Waals surface area contributed by atoms with Crippen molar-refractivity contribution in [1.82, 2.24) is 10.6 Å². The molecule has 0 atom stereocenters. The summed E-state index contributed by atoms with van der Waals surface area (Å²) in [4.78, 5) is 29.6. The van der Waals surface area contributed by atoms with Gasteiger partial charge in [0.1, 0.15) is 0 Å². The summed E-state index contributed by atoms with van der Waals surface area (Å²) in [6, 6.07) is 20.0. The van der Waals surface area contributed by atoms with Crippen molar-refractivity contribution in [1.29, 1.82) is 5.26 Å². The van der Waals surface area contributed by atoms with Gasteiger partial charge in [-0.05, 0) is 84.8 Å². The number of anilines is 1. The topological polar surface area (TPSA) is 118 Å². The van der Waals surface area contributed by atoms with Crippen LogP contribution in [0.4, 0.5) is 11.4 Å². The predicted octanol–water partition coefficient (Wildman–Crippen LogP) is 6.92. The maximum Gasteiger partial charge on any atom is 0.305 e. The lowest BCUT2D eigenvalue weighted by atomic mass is 9.93. The van der Waals surface area contributed by atoms with Gasteiger partial charge in [-0.1, -0.05) is 53.5 Å². The number of guanidine groups is 1. The summed E-state index contributed by atoms with van der Waals surface area (Å²) in [5, 5.41) is 24.5. The van der Waals surface area contributed by atoms with E-state index >= 15 is 0 Å². The highest BCUT2D eigenvalue weighted by Gasteiger charge is 2.17. The number of hydrogen-bond acceptors (Lipinski definition) is 4. The van der Waals surface area contributed by atoms with Crippen molar-refractivity contribution in [2.45, 2.75) is 38.6 Å². The molecule has 0 unspecified atom stereocenters. The highest BCUT2D eigenvalue weighted by atomic mass is 35.5. The number of carboxylic acids is 1. The summed E-state index contributed by atoms with van der Waals surface area (Å²) in [6.07, 6.45) is 8.65. The van der Waals surface area contributed by atoms with Crippen molar-refractivity contribution < 1.29 is 14.7 Å². The molecule has 0 spiro atoms. The van der Waals surface area contributed by atoms with Crippen LogP contribution in [0.1, 0.15) is 53.6 Å². The van der Waals surface area contributed by atoms with Gasteiger partial charge in [0.05, 0.1) is 18.7 Å². The molecule has 41 heavy (non-hydrogen) atoms. The number of carboxylic acid groups (broad SMARTS) is 1. The molecule has 1 amide bonds. The molecule has 3 N–H and O–H groups in total. The summed E-state index contributed by atoms with van der Waals surface area (Å²) in [6.45, 7) is 0.370. The number of carbonyl (C=O) groups is 2. The summed E-state index contributed by atoms with van der Waals surface area (Å²) in [5.41, 5.74) is 5.04. The Labute approximate surface area is 248 Å². The summed E-state index contributed by atoms with van der Waals surface area (Å²) in [7, 11) is 0. The molecule has 0 aromatic heterocycles. The number of aliphatic imine (C=N–C) groups is 1.